The van der Waals surface area contributed by atoms with Gasteiger partial charge < -0.3 is 9.47 Å². The van der Waals surface area contributed by atoms with Crippen LogP contribution < -0.4 is 4.90 Å². The van der Waals surface area contributed by atoms with Crippen molar-refractivity contribution < 1.29 is 14.0 Å². The molecule has 1 aromatic heterocycles. The van der Waals surface area contributed by atoms with Crippen LogP contribution in [0.4, 0.5) is 10.1 Å². The number of halogens is 1. The molecule has 1 atom stereocenters. The zero-order valence-electron chi connectivity index (χ0n) is 20.0. The van der Waals surface area contributed by atoms with E-state index in [2.05, 4.69) is 10.6 Å². The number of aromatic nitrogens is 1. The Hall–Kier alpha value is -4.19. The van der Waals surface area contributed by atoms with Gasteiger partial charge in [0.15, 0.2) is 0 Å². The predicted molar refractivity (Wildman–Crippen MR) is 137 cm³/mol. The van der Waals surface area contributed by atoms with Crippen molar-refractivity contribution in [3.05, 3.63) is 119 Å². The highest BCUT2D eigenvalue weighted by Gasteiger charge is 2.40. The van der Waals surface area contributed by atoms with Gasteiger partial charge in [0.25, 0.3) is 5.91 Å². The molecule has 4 aromatic rings. The molecule has 1 saturated carbocycles. The maximum Gasteiger partial charge on any atom is 0.257 e. The zero-order valence-corrected chi connectivity index (χ0v) is 20.0. The molecule has 0 bridgehead atoms. The lowest BCUT2D eigenvalue weighted by atomic mass is 9.96. The first-order valence-corrected chi connectivity index (χ1v) is 12.2. The molecule has 0 radical (unpaired) electrons. The van der Waals surface area contributed by atoms with Gasteiger partial charge in [0.2, 0.25) is 5.91 Å². The summed E-state index contributed by atoms with van der Waals surface area (Å²) in [7, 11) is 0. The molecule has 6 heteroatoms. The van der Waals surface area contributed by atoms with E-state index >= 15 is 0 Å². The van der Waals surface area contributed by atoms with Crippen LogP contribution in [0.2, 0.25) is 0 Å². The second-order valence-electron chi connectivity index (χ2n) is 9.52. The maximum absolute atomic E-state index is 14.5. The van der Waals surface area contributed by atoms with Crippen LogP contribution in [0, 0.1) is 12.7 Å². The molecule has 1 fully saturated rings. The predicted octanol–water partition coefficient (Wildman–Crippen LogP) is 5.67. The van der Waals surface area contributed by atoms with Crippen LogP contribution in [-0.4, -0.2) is 33.9 Å². The van der Waals surface area contributed by atoms with Crippen molar-refractivity contribution in [1.29, 1.82) is 0 Å². The number of para-hydroxylation sites is 2. The lowest BCUT2D eigenvalue weighted by molar-refractivity contribution is -0.119. The van der Waals surface area contributed by atoms with Gasteiger partial charge in [-0.25, -0.2) is 4.39 Å². The van der Waals surface area contributed by atoms with Gasteiger partial charge >= 0.3 is 0 Å². The average Bonchev–Trinajstić information content (AvgIpc) is 3.61. The third-order valence-corrected chi connectivity index (χ3v) is 7.00. The van der Waals surface area contributed by atoms with Crippen LogP contribution >= 0.6 is 0 Å². The largest absolute Gasteiger partial charge is 0.326 e. The van der Waals surface area contributed by atoms with E-state index in [0.29, 0.717) is 0 Å². The molecule has 36 heavy (non-hydrogen) atoms. The van der Waals surface area contributed by atoms with Gasteiger partial charge in [-0.05, 0) is 61.7 Å². The first kappa shape index (κ1) is 22.3. The number of carbonyl (C=O) groups excluding carboxylic acids is 2. The minimum absolute atomic E-state index is 0.000329. The minimum atomic E-state index is -0.570. The molecule has 1 aliphatic carbocycles. The summed E-state index contributed by atoms with van der Waals surface area (Å²) in [6.07, 6.45) is 3.64. The van der Waals surface area contributed by atoms with E-state index in [1.807, 2.05) is 72.6 Å². The quantitative estimate of drug-likeness (QED) is 0.371. The number of rotatable bonds is 5. The standard InChI is InChI=1S/C30H26FN3O2/c1-20-8-6-9-21(18-20)29-27-14-7-17-32(27)25-12-4-5-13-26(25)34(29)28(35)19-33(22-15-16-22)30(36)23-10-2-3-11-24(23)31/h2-14,17-18,22,29H,15-16,19H2,1H3. The smallest absolute Gasteiger partial charge is 0.257 e. The van der Waals surface area contributed by atoms with Gasteiger partial charge in [0, 0.05) is 12.2 Å². The summed E-state index contributed by atoms with van der Waals surface area (Å²) in [6.45, 7) is 1.92. The lowest BCUT2D eigenvalue weighted by Crippen LogP contribution is -2.47. The Labute approximate surface area is 209 Å². The number of amides is 2. The Balaban J connectivity index is 1.42. The summed E-state index contributed by atoms with van der Waals surface area (Å²) in [5.41, 5.74) is 4.77. The highest BCUT2D eigenvalue weighted by atomic mass is 19.1. The van der Waals surface area contributed by atoms with Gasteiger partial charge in [-0.1, -0.05) is 54.1 Å². The Morgan fingerprint density at radius 1 is 0.917 bits per heavy atom. The molecular weight excluding hydrogens is 453 g/mol. The van der Waals surface area contributed by atoms with Crippen LogP contribution in [0.5, 0.6) is 0 Å². The van der Waals surface area contributed by atoms with E-state index < -0.39 is 11.7 Å². The molecule has 1 aliphatic heterocycles. The van der Waals surface area contributed by atoms with Crippen molar-refractivity contribution in [2.24, 2.45) is 0 Å². The summed E-state index contributed by atoms with van der Waals surface area (Å²) in [4.78, 5) is 30.9. The van der Waals surface area contributed by atoms with Crippen molar-refractivity contribution in [2.75, 3.05) is 11.4 Å². The van der Waals surface area contributed by atoms with Crippen LogP contribution in [0.15, 0.2) is 91.1 Å². The van der Waals surface area contributed by atoms with Gasteiger partial charge in [-0.15, -0.1) is 0 Å². The minimum Gasteiger partial charge on any atom is -0.326 e. The van der Waals surface area contributed by atoms with E-state index in [1.54, 1.807) is 17.0 Å². The second kappa shape index (κ2) is 8.79. The first-order chi connectivity index (χ1) is 17.5. The number of hydrogen-bond donors (Lipinski definition) is 0. The van der Waals surface area contributed by atoms with Gasteiger partial charge in [0.05, 0.1) is 22.6 Å². The molecular formula is C30H26FN3O2. The fourth-order valence-electron chi connectivity index (χ4n) is 5.18. The Morgan fingerprint density at radius 2 is 1.67 bits per heavy atom. The first-order valence-electron chi connectivity index (χ1n) is 12.2. The van der Waals surface area contributed by atoms with Gasteiger partial charge in [-0.2, -0.15) is 0 Å². The van der Waals surface area contributed by atoms with Gasteiger partial charge in [-0.3, -0.25) is 14.5 Å². The molecule has 2 heterocycles. The summed E-state index contributed by atoms with van der Waals surface area (Å²) in [5, 5.41) is 0. The monoisotopic (exact) mass is 479 g/mol. The average molecular weight is 480 g/mol. The maximum atomic E-state index is 14.5. The fourth-order valence-corrected chi connectivity index (χ4v) is 5.18. The summed E-state index contributed by atoms with van der Waals surface area (Å²) in [5.74, 6) is -1.21. The number of benzene rings is 3. The summed E-state index contributed by atoms with van der Waals surface area (Å²) < 4.78 is 16.6. The Bertz CT molecular complexity index is 1470. The van der Waals surface area contributed by atoms with E-state index in [1.165, 1.54) is 12.1 Å². The van der Waals surface area contributed by atoms with E-state index in [-0.39, 0.29) is 30.1 Å². The number of anilines is 1. The number of carbonyl (C=O) groups is 2. The number of hydrogen-bond acceptors (Lipinski definition) is 2. The Morgan fingerprint density at radius 3 is 2.42 bits per heavy atom. The normalized spacial score (nSPS) is 16.3. The molecule has 180 valence electrons. The van der Waals surface area contributed by atoms with Crippen molar-refractivity contribution >= 4 is 17.5 Å². The van der Waals surface area contributed by atoms with E-state index in [9.17, 15) is 14.0 Å². The van der Waals surface area contributed by atoms with Crippen LogP contribution in [0.1, 0.15) is 46.1 Å². The second-order valence-corrected chi connectivity index (χ2v) is 9.52. The SMILES string of the molecule is Cc1cccc(C2c3cccn3-c3ccccc3N2C(=O)CN(C(=O)c2ccccc2F)C2CC2)c1. The van der Waals surface area contributed by atoms with E-state index in [4.69, 9.17) is 0 Å². The number of fused-ring (bicyclic) bond motifs is 3. The molecule has 0 saturated heterocycles. The molecule has 2 amide bonds. The zero-order chi connectivity index (χ0) is 24.8. The summed E-state index contributed by atoms with van der Waals surface area (Å²) in [6, 6.07) is 25.6. The van der Waals surface area contributed by atoms with Crippen molar-refractivity contribution in [1.82, 2.24) is 9.47 Å². The van der Waals surface area contributed by atoms with Crippen LogP contribution in [0.25, 0.3) is 5.69 Å². The van der Waals surface area contributed by atoms with Crippen LogP contribution in [0.3, 0.4) is 0 Å². The molecule has 3 aromatic carbocycles. The third kappa shape index (κ3) is 3.79. The molecule has 0 spiro atoms. The molecule has 5 nitrogen and oxygen atoms in total. The topological polar surface area (TPSA) is 45.6 Å². The lowest BCUT2D eigenvalue weighted by Gasteiger charge is -2.39. The van der Waals surface area contributed by atoms with Crippen molar-refractivity contribution in [2.45, 2.75) is 31.8 Å². The number of aryl methyl sites for hydroxylation is 1. The molecule has 1 unspecified atom stereocenters. The van der Waals surface area contributed by atoms with Crippen molar-refractivity contribution in [3.8, 4) is 5.69 Å². The highest BCUT2D eigenvalue weighted by molar-refractivity contribution is 6.03. The van der Waals surface area contributed by atoms with Gasteiger partial charge in [0.1, 0.15) is 18.4 Å². The third-order valence-electron chi connectivity index (χ3n) is 7.00. The number of nitrogens with zero attached hydrogens (tertiary/aromatic N) is 3. The van der Waals surface area contributed by atoms with Crippen LogP contribution in [-0.2, 0) is 4.79 Å². The summed E-state index contributed by atoms with van der Waals surface area (Å²) >= 11 is 0. The fraction of sp³-hybridized carbons (Fsp3) is 0.200. The molecule has 6 rings (SSSR count). The molecule has 0 N–H and O–H groups in total. The van der Waals surface area contributed by atoms with E-state index in [0.717, 1.165) is 41.0 Å². The highest BCUT2D eigenvalue weighted by Crippen LogP contribution is 2.42. The molecule has 2 aliphatic rings. The Kier molecular flexibility index (Phi) is 5.44. The van der Waals surface area contributed by atoms with Crippen molar-refractivity contribution in [3.63, 3.8) is 0 Å².